The normalized spacial score (nSPS) is 16.2. The highest BCUT2D eigenvalue weighted by molar-refractivity contribution is 6.32. The van der Waals surface area contributed by atoms with E-state index in [0.717, 1.165) is 5.56 Å². The topological polar surface area (TPSA) is 94.9 Å². The summed E-state index contributed by atoms with van der Waals surface area (Å²) in [5.41, 5.74) is 1.26. The number of aromatic nitrogens is 2. The Morgan fingerprint density at radius 3 is 2.49 bits per heavy atom. The van der Waals surface area contributed by atoms with Crippen molar-refractivity contribution in [2.45, 2.75) is 12.5 Å². The van der Waals surface area contributed by atoms with Crippen LogP contribution in [0.3, 0.4) is 0 Å². The van der Waals surface area contributed by atoms with Gasteiger partial charge in [-0.1, -0.05) is 29.8 Å². The van der Waals surface area contributed by atoms with Crippen LogP contribution in [-0.2, 0) is 16.6 Å². The van der Waals surface area contributed by atoms with E-state index in [-0.39, 0.29) is 24.8 Å². The molecule has 9 nitrogen and oxygen atoms in total. The van der Waals surface area contributed by atoms with Gasteiger partial charge in [0.1, 0.15) is 29.1 Å². The van der Waals surface area contributed by atoms with Crippen molar-refractivity contribution in [1.82, 2.24) is 14.9 Å². The molecule has 1 aliphatic heterocycles. The first-order valence-electron chi connectivity index (χ1n) is 11.0. The van der Waals surface area contributed by atoms with Gasteiger partial charge in [-0.25, -0.2) is 4.98 Å². The largest absolute Gasteiger partial charge is 0.496 e. The molecule has 2 heterocycles. The molecule has 35 heavy (non-hydrogen) atoms. The first-order valence-corrected chi connectivity index (χ1v) is 11.4. The van der Waals surface area contributed by atoms with Crippen molar-refractivity contribution in [3.8, 4) is 17.2 Å². The van der Waals surface area contributed by atoms with Crippen molar-refractivity contribution in [2.24, 2.45) is 13.0 Å². The molecule has 1 aromatic heterocycles. The number of nitrogens with one attached hydrogen (secondary N) is 1. The predicted octanol–water partition coefficient (Wildman–Crippen LogP) is 3.36. The lowest BCUT2D eigenvalue weighted by atomic mass is 10.0. The maximum Gasteiger partial charge on any atom is 0.227 e. The zero-order valence-electron chi connectivity index (χ0n) is 19.9. The summed E-state index contributed by atoms with van der Waals surface area (Å²) >= 11 is 6.30. The smallest absolute Gasteiger partial charge is 0.227 e. The number of ether oxygens (including phenoxy) is 3. The average Bonchev–Trinajstić information content (AvgIpc) is 3.47. The van der Waals surface area contributed by atoms with Crippen LogP contribution in [0.25, 0.3) is 0 Å². The summed E-state index contributed by atoms with van der Waals surface area (Å²) in [5.74, 6) is 1.10. The Bertz CT molecular complexity index is 1240. The molecule has 1 aliphatic rings. The van der Waals surface area contributed by atoms with Crippen LogP contribution in [0, 0.1) is 5.92 Å². The van der Waals surface area contributed by atoms with Gasteiger partial charge in [-0.3, -0.25) is 9.59 Å². The highest BCUT2D eigenvalue weighted by Crippen LogP contribution is 2.40. The molecular formula is C25H27ClN4O5. The summed E-state index contributed by atoms with van der Waals surface area (Å²) in [6, 6.07) is 10.1. The summed E-state index contributed by atoms with van der Waals surface area (Å²) in [5, 5.41) is 3.43. The number of halogens is 1. The number of methoxy groups -OCH3 is 3. The molecule has 3 aromatic rings. The number of amides is 2. The third-order valence-electron chi connectivity index (χ3n) is 6.09. The molecule has 0 spiro atoms. The minimum absolute atomic E-state index is 0.0534. The molecule has 10 heteroatoms. The van der Waals surface area contributed by atoms with E-state index in [9.17, 15) is 9.59 Å². The van der Waals surface area contributed by atoms with Crippen LogP contribution in [0.1, 0.15) is 23.9 Å². The van der Waals surface area contributed by atoms with E-state index < -0.39 is 12.0 Å². The molecule has 2 aromatic carbocycles. The summed E-state index contributed by atoms with van der Waals surface area (Å²) in [7, 11) is 6.44. The molecule has 4 rings (SSSR count). The predicted molar refractivity (Wildman–Crippen MR) is 131 cm³/mol. The number of aryl methyl sites for hydroxylation is 1. The number of hydrogen-bond donors (Lipinski definition) is 1. The Labute approximate surface area is 208 Å². The summed E-state index contributed by atoms with van der Waals surface area (Å²) < 4.78 is 18.1. The van der Waals surface area contributed by atoms with Crippen LogP contribution in [-0.4, -0.2) is 49.2 Å². The molecule has 2 unspecified atom stereocenters. The van der Waals surface area contributed by atoms with Gasteiger partial charge in [0.05, 0.1) is 38.0 Å². The third-order valence-corrected chi connectivity index (χ3v) is 6.39. The molecule has 0 radical (unpaired) electrons. The Morgan fingerprint density at radius 2 is 1.83 bits per heavy atom. The van der Waals surface area contributed by atoms with Crippen molar-refractivity contribution in [3.05, 3.63) is 65.2 Å². The Morgan fingerprint density at radius 1 is 1.11 bits per heavy atom. The second-order valence-corrected chi connectivity index (χ2v) is 8.55. The number of hydrogen-bond acceptors (Lipinski definition) is 6. The lowest BCUT2D eigenvalue weighted by Crippen LogP contribution is -2.37. The van der Waals surface area contributed by atoms with Gasteiger partial charge in [-0.15, -0.1) is 0 Å². The number of nitrogens with zero attached hydrogens (tertiary/aromatic N) is 3. The van der Waals surface area contributed by atoms with Crippen molar-refractivity contribution in [3.63, 3.8) is 0 Å². The highest BCUT2D eigenvalue weighted by atomic mass is 35.5. The Kier molecular flexibility index (Phi) is 7.16. The van der Waals surface area contributed by atoms with Gasteiger partial charge < -0.3 is 29.0 Å². The van der Waals surface area contributed by atoms with Gasteiger partial charge in [0, 0.05) is 44.0 Å². The summed E-state index contributed by atoms with van der Waals surface area (Å²) in [4.78, 5) is 32.3. The fraction of sp³-hybridized carbons (Fsp3) is 0.320. The van der Waals surface area contributed by atoms with Gasteiger partial charge in [0.25, 0.3) is 0 Å². The van der Waals surface area contributed by atoms with E-state index in [0.29, 0.717) is 33.8 Å². The minimum atomic E-state index is -0.578. The van der Waals surface area contributed by atoms with Gasteiger partial charge in [-0.05, 0) is 12.1 Å². The minimum Gasteiger partial charge on any atom is -0.496 e. The van der Waals surface area contributed by atoms with Gasteiger partial charge in [0.2, 0.25) is 11.8 Å². The van der Waals surface area contributed by atoms with E-state index in [1.807, 2.05) is 42.1 Å². The van der Waals surface area contributed by atoms with Gasteiger partial charge in [-0.2, -0.15) is 0 Å². The quantitative estimate of drug-likeness (QED) is 0.511. The van der Waals surface area contributed by atoms with Crippen LogP contribution >= 0.6 is 11.6 Å². The molecular weight excluding hydrogens is 472 g/mol. The molecule has 0 bridgehead atoms. The number of anilines is 1. The van der Waals surface area contributed by atoms with Gasteiger partial charge >= 0.3 is 0 Å². The van der Waals surface area contributed by atoms with Gasteiger partial charge in [0.15, 0.2) is 0 Å². The maximum atomic E-state index is 13.4. The SMILES string of the molecule is COc1cc(OC)c(N2CC(C(=O)NC(c3ccccc3OC)c3nccn3C)CC2=O)cc1Cl. The second-order valence-electron chi connectivity index (χ2n) is 8.14. The average molecular weight is 499 g/mol. The van der Waals surface area contributed by atoms with Crippen molar-refractivity contribution >= 4 is 29.1 Å². The lowest BCUT2D eigenvalue weighted by molar-refractivity contribution is -0.126. The number of carbonyl (C=O) groups excluding carboxylic acids is 2. The molecule has 184 valence electrons. The van der Waals surface area contributed by atoms with E-state index in [1.54, 1.807) is 25.4 Å². The zero-order chi connectivity index (χ0) is 25.1. The number of rotatable bonds is 8. The van der Waals surface area contributed by atoms with E-state index in [4.69, 9.17) is 25.8 Å². The molecule has 1 saturated heterocycles. The number of imidazole rings is 1. The lowest BCUT2D eigenvalue weighted by Gasteiger charge is -2.23. The second kappa shape index (κ2) is 10.3. The summed E-state index contributed by atoms with van der Waals surface area (Å²) in [6.07, 6.45) is 3.53. The van der Waals surface area contributed by atoms with Crippen LogP contribution in [0.15, 0.2) is 48.8 Å². The molecule has 1 fully saturated rings. The molecule has 0 aliphatic carbocycles. The molecule has 0 saturated carbocycles. The van der Waals surface area contributed by atoms with Crippen molar-refractivity contribution < 1.29 is 23.8 Å². The highest BCUT2D eigenvalue weighted by Gasteiger charge is 2.38. The van der Waals surface area contributed by atoms with Crippen molar-refractivity contribution in [1.29, 1.82) is 0 Å². The fourth-order valence-electron chi connectivity index (χ4n) is 4.27. The maximum absolute atomic E-state index is 13.4. The van der Waals surface area contributed by atoms with Crippen molar-refractivity contribution in [2.75, 3.05) is 32.8 Å². The molecule has 2 atom stereocenters. The van der Waals surface area contributed by atoms with Crippen LogP contribution in [0.2, 0.25) is 5.02 Å². The number of benzene rings is 2. The Balaban J connectivity index is 1.60. The van der Waals surface area contributed by atoms with E-state index in [2.05, 4.69) is 10.3 Å². The summed E-state index contributed by atoms with van der Waals surface area (Å²) in [6.45, 7) is 0.183. The Hall–Kier alpha value is -3.72. The van der Waals surface area contributed by atoms with E-state index >= 15 is 0 Å². The molecule has 2 amide bonds. The number of carbonyl (C=O) groups is 2. The number of para-hydroxylation sites is 1. The standard InChI is InChI=1S/C25H27ClN4O5/c1-29-10-9-27-24(29)23(16-7-5-6-8-19(16)33-2)28-25(32)15-11-22(31)30(14-15)18-12-17(26)20(34-3)13-21(18)35-4/h5-10,12-13,15,23H,11,14H2,1-4H3,(H,28,32). The first-order chi connectivity index (χ1) is 16.9. The van der Waals surface area contributed by atoms with Crippen LogP contribution < -0.4 is 24.4 Å². The zero-order valence-corrected chi connectivity index (χ0v) is 20.7. The monoisotopic (exact) mass is 498 g/mol. The van der Waals surface area contributed by atoms with E-state index in [1.165, 1.54) is 19.1 Å². The fourth-order valence-corrected chi connectivity index (χ4v) is 4.51. The van der Waals surface area contributed by atoms with Crippen LogP contribution in [0.5, 0.6) is 17.2 Å². The first kappa shape index (κ1) is 24.4. The van der Waals surface area contributed by atoms with Crippen LogP contribution in [0.4, 0.5) is 5.69 Å². The molecule has 1 N–H and O–H groups in total. The third kappa shape index (κ3) is 4.77.